The molecule has 0 aromatic rings. The number of hydrogen-bond donors (Lipinski definition) is 1. The highest BCUT2D eigenvalue weighted by Gasteiger charge is 2.53. The molecular formula is C17H29NO. The molecule has 5 fully saturated rings. The summed E-state index contributed by atoms with van der Waals surface area (Å²) in [5, 5.41) is 0. The van der Waals surface area contributed by atoms with Crippen molar-refractivity contribution in [1.29, 1.82) is 0 Å². The van der Waals surface area contributed by atoms with E-state index in [4.69, 9.17) is 10.5 Å². The minimum atomic E-state index is 0.323. The van der Waals surface area contributed by atoms with Gasteiger partial charge in [0, 0.05) is 18.6 Å². The first kappa shape index (κ1) is 12.6. The average molecular weight is 263 g/mol. The second-order valence-electron chi connectivity index (χ2n) is 8.45. The molecule has 1 heterocycles. The van der Waals surface area contributed by atoms with Gasteiger partial charge in [-0.3, -0.25) is 0 Å². The van der Waals surface area contributed by atoms with Gasteiger partial charge in [-0.25, -0.2) is 0 Å². The first-order valence-corrected chi connectivity index (χ1v) is 8.49. The van der Waals surface area contributed by atoms with Crippen LogP contribution in [0.4, 0.5) is 0 Å². The van der Waals surface area contributed by atoms with Gasteiger partial charge in [0.1, 0.15) is 0 Å². The predicted octanol–water partition coefficient (Wildman–Crippen LogP) is 3.35. The van der Waals surface area contributed by atoms with Crippen molar-refractivity contribution in [2.45, 2.75) is 57.8 Å². The molecule has 0 spiro atoms. The molecule has 4 saturated carbocycles. The van der Waals surface area contributed by atoms with Crippen molar-refractivity contribution in [3.63, 3.8) is 0 Å². The summed E-state index contributed by atoms with van der Waals surface area (Å²) in [4.78, 5) is 0. The standard InChI is InChI=1S/C17H29NO/c18-11-16(2-1-3-19-12-16)10-17-7-13-4-14(8-17)6-15(5-13)9-17/h13-15H,1-12,18H2. The van der Waals surface area contributed by atoms with Gasteiger partial charge in [0.05, 0.1) is 6.61 Å². The molecule has 5 aliphatic rings. The lowest BCUT2D eigenvalue weighted by atomic mass is 9.46. The molecule has 2 nitrogen and oxygen atoms in total. The molecule has 1 aliphatic heterocycles. The van der Waals surface area contributed by atoms with Crippen LogP contribution < -0.4 is 5.73 Å². The highest BCUT2D eigenvalue weighted by Crippen LogP contribution is 2.63. The van der Waals surface area contributed by atoms with E-state index in [1.807, 2.05) is 0 Å². The first-order chi connectivity index (χ1) is 9.21. The third kappa shape index (κ3) is 2.15. The Bertz CT molecular complexity index is 310. The van der Waals surface area contributed by atoms with E-state index in [1.165, 1.54) is 38.5 Å². The van der Waals surface area contributed by atoms with Crippen LogP contribution in [0.2, 0.25) is 0 Å². The van der Waals surface area contributed by atoms with E-state index in [0.29, 0.717) is 10.8 Å². The predicted molar refractivity (Wildman–Crippen MR) is 76.8 cm³/mol. The van der Waals surface area contributed by atoms with Crippen LogP contribution in [0.3, 0.4) is 0 Å². The molecule has 1 atom stereocenters. The Morgan fingerprint density at radius 2 is 1.63 bits per heavy atom. The summed E-state index contributed by atoms with van der Waals surface area (Å²) in [7, 11) is 0. The highest BCUT2D eigenvalue weighted by atomic mass is 16.5. The zero-order valence-corrected chi connectivity index (χ0v) is 12.2. The van der Waals surface area contributed by atoms with E-state index in [2.05, 4.69) is 0 Å². The largest absolute Gasteiger partial charge is 0.381 e. The van der Waals surface area contributed by atoms with Gasteiger partial charge in [0.15, 0.2) is 0 Å². The van der Waals surface area contributed by atoms with Gasteiger partial charge >= 0.3 is 0 Å². The number of hydrogen-bond acceptors (Lipinski definition) is 2. The molecule has 0 radical (unpaired) electrons. The molecular weight excluding hydrogens is 234 g/mol. The smallest absolute Gasteiger partial charge is 0.0534 e. The molecule has 0 aromatic heterocycles. The monoisotopic (exact) mass is 263 g/mol. The maximum absolute atomic E-state index is 6.19. The summed E-state index contributed by atoms with van der Waals surface area (Å²) in [6.07, 6.45) is 13.1. The van der Waals surface area contributed by atoms with Crippen molar-refractivity contribution >= 4 is 0 Å². The Labute approximate surface area is 117 Å². The summed E-state index contributed by atoms with van der Waals surface area (Å²) in [5.74, 6) is 3.18. The normalized spacial score (nSPS) is 52.6. The lowest BCUT2D eigenvalue weighted by Crippen LogP contribution is -2.51. The van der Waals surface area contributed by atoms with Crippen LogP contribution >= 0.6 is 0 Å². The fourth-order valence-electron chi connectivity index (χ4n) is 6.58. The maximum atomic E-state index is 6.19. The number of nitrogens with two attached hydrogens (primary N) is 1. The van der Waals surface area contributed by atoms with E-state index >= 15 is 0 Å². The van der Waals surface area contributed by atoms with E-state index < -0.39 is 0 Å². The number of rotatable bonds is 3. The van der Waals surface area contributed by atoms with Gasteiger partial charge in [0.25, 0.3) is 0 Å². The van der Waals surface area contributed by atoms with Crippen molar-refractivity contribution in [3.8, 4) is 0 Å². The Balaban J connectivity index is 1.55. The van der Waals surface area contributed by atoms with Gasteiger partial charge < -0.3 is 10.5 Å². The lowest BCUT2D eigenvalue weighted by Gasteiger charge is -2.59. The third-order valence-electron chi connectivity index (χ3n) is 6.75. The van der Waals surface area contributed by atoms with Gasteiger partial charge in [-0.15, -0.1) is 0 Å². The Hall–Kier alpha value is -0.0800. The molecule has 4 bridgehead atoms. The third-order valence-corrected chi connectivity index (χ3v) is 6.75. The molecule has 1 saturated heterocycles. The van der Waals surface area contributed by atoms with Gasteiger partial charge in [-0.1, -0.05) is 0 Å². The topological polar surface area (TPSA) is 35.2 Å². The Morgan fingerprint density at radius 1 is 1.00 bits per heavy atom. The van der Waals surface area contributed by atoms with Gasteiger partial charge in [-0.05, 0) is 81.0 Å². The molecule has 19 heavy (non-hydrogen) atoms. The van der Waals surface area contributed by atoms with E-state index in [0.717, 1.165) is 37.5 Å². The van der Waals surface area contributed by atoms with Crippen LogP contribution in [0.1, 0.15) is 57.8 Å². The Morgan fingerprint density at radius 3 is 2.11 bits per heavy atom. The SMILES string of the molecule is NCC1(CC23CC4CC(CC(C4)C2)C3)CCCOC1. The zero-order valence-electron chi connectivity index (χ0n) is 12.2. The second kappa shape index (κ2) is 4.46. The summed E-state index contributed by atoms with van der Waals surface area (Å²) in [6.45, 7) is 2.74. The van der Waals surface area contributed by atoms with Gasteiger partial charge in [-0.2, -0.15) is 0 Å². The molecule has 5 rings (SSSR count). The molecule has 0 aromatic carbocycles. The quantitative estimate of drug-likeness (QED) is 0.847. The highest BCUT2D eigenvalue weighted by molar-refractivity contribution is 5.04. The minimum Gasteiger partial charge on any atom is -0.381 e. The Kier molecular flexibility index (Phi) is 2.97. The van der Waals surface area contributed by atoms with Crippen molar-refractivity contribution in [1.82, 2.24) is 0 Å². The van der Waals surface area contributed by atoms with Crippen LogP contribution in [0.5, 0.6) is 0 Å². The van der Waals surface area contributed by atoms with Crippen LogP contribution in [0.15, 0.2) is 0 Å². The van der Waals surface area contributed by atoms with E-state index in [-0.39, 0.29) is 0 Å². The van der Waals surface area contributed by atoms with Gasteiger partial charge in [0.2, 0.25) is 0 Å². The molecule has 4 aliphatic carbocycles. The summed E-state index contributed by atoms with van der Waals surface area (Å²) in [6, 6.07) is 0. The van der Waals surface area contributed by atoms with Crippen molar-refractivity contribution in [2.75, 3.05) is 19.8 Å². The van der Waals surface area contributed by atoms with Crippen molar-refractivity contribution in [2.24, 2.45) is 34.3 Å². The van der Waals surface area contributed by atoms with E-state index in [9.17, 15) is 0 Å². The zero-order chi connectivity index (χ0) is 12.9. The van der Waals surface area contributed by atoms with Crippen LogP contribution in [-0.4, -0.2) is 19.8 Å². The van der Waals surface area contributed by atoms with Crippen molar-refractivity contribution < 1.29 is 4.74 Å². The fraction of sp³-hybridized carbons (Fsp3) is 1.00. The van der Waals surface area contributed by atoms with Crippen LogP contribution in [-0.2, 0) is 4.74 Å². The summed E-state index contributed by atoms with van der Waals surface area (Å²) >= 11 is 0. The number of ether oxygens (including phenoxy) is 1. The van der Waals surface area contributed by atoms with Crippen LogP contribution in [0.25, 0.3) is 0 Å². The molecule has 108 valence electrons. The average Bonchev–Trinajstić information content (AvgIpc) is 2.37. The first-order valence-electron chi connectivity index (χ1n) is 8.49. The molecule has 1 unspecified atom stereocenters. The maximum Gasteiger partial charge on any atom is 0.0534 e. The molecule has 0 amide bonds. The van der Waals surface area contributed by atoms with E-state index in [1.54, 1.807) is 19.3 Å². The molecule has 2 N–H and O–H groups in total. The summed E-state index contributed by atoms with van der Waals surface area (Å²) < 4.78 is 5.81. The summed E-state index contributed by atoms with van der Waals surface area (Å²) in [5.41, 5.74) is 7.17. The van der Waals surface area contributed by atoms with Crippen LogP contribution in [0, 0.1) is 28.6 Å². The van der Waals surface area contributed by atoms with Crippen molar-refractivity contribution in [3.05, 3.63) is 0 Å². The minimum absolute atomic E-state index is 0.323. The fourth-order valence-corrected chi connectivity index (χ4v) is 6.58. The molecule has 2 heteroatoms. The lowest BCUT2D eigenvalue weighted by molar-refractivity contribution is -0.102. The second-order valence-corrected chi connectivity index (χ2v) is 8.45.